The molecule has 0 unspecified atom stereocenters. The molecule has 4 nitrogen and oxygen atoms in total. The molecular weight excluding hydrogens is 182 g/mol. The molecule has 0 aromatic rings. The molecule has 0 heterocycles. The third-order valence-electron chi connectivity index (χ3n) is 1.60. The van der Waals surface area contributed by atoms with Gasteiger partial charge in [0.15, 0.2) is 0 Å². The van der Waals surface area contributed by atoms with Crippen molar-refractivity contribution in [3.63, 3.8) is 0 Å². The minimum absolute atomic E-state index is 0.281. The van der Waals surface area contributed by atoms with Crippen molar-refractivity contribution in [1.29, 1.82) is 0 Å². The number of carbonyl (C=O) groups excluding carboxylic acids is 2. The molecule has 0 saturated heterocycles. The van der Waals surface area contributed by atoms with Crippen molar-refractivity contribution in [3.05, 3.63) is 12.2 Å². The molecule has 0 aliphatic carbocycles. The number of allylic oxidation sites excluding steroid dienone is 1. The molecule has 0 saturated carbocycles. The van der Waals surface area contributed by atoms with Gasteiger partial charge in [0.2, 0.25) is 0 Å². The van der Waals surface area contributed by atoms with E-state index < -0.39 is 11.9 Å². The number of hydrogen-bond acceptors (Lipinski definition) is 4. The van der Waals surface area contributed by atoms with Crippen molar-refractivity contribution in [1.82, 2.24) is 0 Å². The maximum atomic E-state index is 11.0. The molecule has 0 spiro atoms. The lowest BCUT2D eigenvalue weighted by Gasteiger charge is -1.99. The Morgan fingerprint density at radius 3 is 2.57 bits per heavy atom. The van der Waals surface area contributed by atoms with Gasteiger partial charge < -0.3 is 10.5 Å². The first-order valence-corrected chi connectivity index (χ1v) is 4.78. The summed E-state index contributed by atoms with van der Waals surface area (Å²) < 4.78 is 4.48. The van der Waals surface area contributed by atoms with E-state index in [1.54, 1.807) is 6.92 Å². The number of unbranched alkanes of at least 4 members (excludes halogenated alkanes) is 2. The standard InChI is InChI=1S/C10H17NO3/c1-2-6-9(12)14-10(13)7-4-3-5-8-11/h2,6H,3-5,7-8,11H2,1H3. The van der Waals surface area contributed by atoms with Crippen LogP contribution in [0.15, 0.2) is 12.2 Å². The zero-order valence-corrected chi connectivity index (χ0v) is 8.49. The van der Waals surface area contributed by atoms with E-state index in [0.717, 1.165) is 19.3 Å². The van der Waals surface area contributed by atoms with E-state index in [9.17, 15) is 9.59 Å². The molecule has 0 atom stereocenters. The van der Waals surface area contributed by atoms with Crippen molar-refractivity contribution in [2.24, 2.45) is 5.73 Å². The quantitative estimate of drug-likeness (QED) is 0.301. The molecule has 0 aliphatic heterocycles. The van der Waals surface area contributed by atoms with E-state index in [2.05, 4.69) is 4.74 Å². The molecule has 80 valence electrons. The van der Waals surface area contributed by atoms with Crippen molar-refractivity contribution in [2.45, 2.75) is 32.6 Å². The van der Waals surface area contributed by atoms with Crippen LogP contribution in [0.2, 0.25) is 0 Å². The predicted molar refractivity (Wildman–Crippen MR) is 53.4 cm³/mol. The first kappa shape index (κ1) is 12.8. The van der Waals surface area contributed by atoms with Gasteiger partial charge in [-0.15, -0.1) is 0 Å². The fourth-order valence-electron chi connectivity index (χ4n) is 0.924. The number of rotatable bonds is 6. The van der Waals surface area contributed by atoms with Crippen LogP contribution >= 0.6 is 0 Å². The lowest BCUT2D eigenvalue weighted by Crippen LogP contribution is -2.09. The maximum Gasteiger partial charge on any atom is 0.338 e. The number of ether oxygens (including phenoxy) is 1. The lowest BCUT2D eigenvalue weighted by atomic mass is 10.2. The van der Waals surface area contributed by atoms with Gasteiger partial charge in [-0.2, -0.15) is 0 Å². The van der Waals surface area contributed by atoms with Gasteiger partial charge >= 0.3 is 11.9 Å². The third kappa shape index (κ3) is 7.49. The Morgan fingerprint density at radius 1 is 1.29 bits per heavy atom. The molecule has 0 rings (SSSR count). The summed E-state index contributed by atoms with van der Waals surface area (Å²) in [7, 11) is 0. The SMILES string of the molecule is CC=CC(=O)OC(=O)CCCCCN. The zero-order valence-electron chi connectivity index (χ0n) is 8.49. The summed E-state index contributed by atoms with van der Waals surface area (Å²) in [5, 5.41) is 0. The van der Waals surface area contributed by atoms with Crippen LogP contribution in [0.1, 0.15) is 32.6 Å². The van der Waals surface area contributed by atoms with E-state index in [-0.39, 0.29) is 6.42 Å². The van der Waals surface area contributed by atoms with E-state index in [0.29, 0.717) is 6.54 Å². The smallest absolute Gasteiger partial charge is 0.338 e. The van der Waals surface area contributed by atoms with Crippen LogP contribution in [-0.2, 0) is 14.3 Å². The van der Waals surface area contributed by atoms with Crippen LogP contribution in [0.25, 0.3) is 0 Å². The first-order valence-electron chi connectivity index (χ1n) is 4.78. The van der Waals surface area contributed by atoms with Crippen molar-refractivity contribution in [3.8, 4) is 0 Å². The normalized spacial score (nSPS) is 10.4. The Balaban J connectivity index is 3.50. The summed E-state index contributed by atoms with van der Waals surface area (Å²) >= 11 is 0. The third-order valence-corrected chi connectivity index (χ3v) is 1.60. The summed E-state index contributed by atoms with van der Waals surface area (Å²) in [6.45, 7) is 2.32. The molecule has 0 amide bonds. The summed E-state index contributed by atoms with van der Waals surface area (Å²) in [4.78, 5) is 21.8. The molecule has 0 aliphatic rings. The molecule has 14 heavy (non-hydrogen) atoms. The largest absolute Gasteiger partial charge is 0.390 e. The van der Waals surface area contributed by atoms with Gasteiger partial charge in [0.25, 0.3) is 0 Å². The van der Waals surface area contributed by atoms with Gasteiger partial charge in [0.05, 0.1) is 0 Å². The van der Waals surface area contributed by atoms with Gasteiger partial charge in [-0.3, -0.25) is 4.79 Å². The zero-order chi connectivity index (χ0) is 10.8. The molecule has 4 heteroatoms. The Labute approximate surface area is 84.1 Å². The number of nitrogens with two attached hydrogens (primary N) is 1. The van der Waals surface area contributed by atoms with Crippen LogP contribution in [-0.4, -0.2) is 18.5 Å². The van der Waals surface area contributed by atoms with Crippen molar-refractivity contribution < 1.29 is 14.3 Å². The van der Waals surface area contributed by atoms with E-state index >= 15 is 0 Å². The van der Waals surface area contributed by atoms with Crippen LogP contribution in [0.5, 0.6) is 0 Å². The van der Waals surface area contributed by atoms with Crippen molar-refractivity contribution in [2.75, 3.05) is 6.54 Å². The Hall–Kier alpha value is -1.16. The molecule has 0 aromatic heterocycles. The van der Waals surface area contributed by atoms with Crippen LogP contribution < -0.4 is 5.73 Å². The topological polar surface area (TPSA) is 69.4 Å². The second-order valence-electron chi connectivity index (χ2n) is 2.89. The Kier molecular flexibility index (Phi) is 7.74. The Morgan fingerprint density at radius 2 is 2.00 bits per heavy atom. The Bertz CT molecular complexity index is 211. The second-order valence-corrected chi connectivity index (χ2v) is 2.89. The summed E-state index contributed by atoms with van der Waals surface area (Å²) in [5.41, 5.74) is 5.29. The second kappa shape index (κ2) is 8.44. The lowest BCUT2D eigenvalue weighted by molar-refractivity contribution is -0.156. The van der Waals surface area contributed by atoms with Gasteiger partial charge in [-0.25, -0.2) is 4.79 Å². The van der Waals surface area contributed by atoms with Gasteiger partial charge in [-0.05, 0) is 26.3 Å². The van der Waals surface area contributed by atoms with E-state index in [4.69, 9.17) is 5.73 Å². The summed E-state index contributed by atoms with van der Waals surface area (Å²) in [6, 6.07) is 0. The number of esters is 2. The monoisotopic (exact) mass is 199 g/mol. The molecule has 0 fully saturated rings. The summed E-state index contributed by atoms with van der Waals surface area (Å²) in [6.07, 6.45) is 5.55. The average Bonchev–Trinajstić information content (AvgIpc) is 2.13. The molecule has 0 aromatic carbocycles. The molecular formula is C10H17NO3. The molecule has 0 bridgehead atoms. The van der Waals surface area contributed by atoms with Gasteiger partial charge in [0, 0.05) is 12.5 Å². The average molecular weight is 199 g/mol. The summed E-state index contributed by atoms with van der Waals surface area (Å²) in [5.74, 6) is -1.07. The first-order chi connectivity index (χ1) is 6.70. The fourth-order valence-corrected chi connectivity index (χ4v) is 0.924. The van der Waals surface area contributed by atoms with Crippen LogP contribution in [0.4, 0.5) is 0 Å². The highest BCUT2D eigenvalue weighted by molar-refractivity contribution is 5.91. The minimum atomic E-state index is -0.601. The number of carbonyl (C=O) groups is 2. The maximum absolute atomic E-state index is 11.0. The molecule has 0 radical (unpaired) electrons. The van der Waals surface area contributed by atoms with E-state index in [1.807, 2.05) is 0 Å². The van der Waals surface area contributed by atoms with Gasteiger partial charge in [-0.1, -0.05) is 12.5 Å². The fraction of sp³-hybridized carbons (Fsp3) is 0.600. The predicted octanol–water partition coefficient (Wildman–Crippen LogP) is 1.15. The van der Waals surface area contributed by atoms with Crippen molar-refractivity contribution >= 4 is 11.9 Å². The molecule has 2 N–H and O–H groups in total. The highest BCUT2D eigenvalue weighted by Gasteiger charge is 2.06. The highest BCUT2D eigenvalue weighted by Crippen LogP contribution is 2.00. The van der Waals surface area contributed by atoms with Crippen LogP contribution in [0.3, 0.4) is 0 Å². The highest BCUT2D eigenvalue weighted by atomic mass is 16.6. The van der Waals surface area contributed by atoms with Gasteiger partial charge in [0.1, 0.15) is 0 Å². The van der Waals surface area contributed by atoms with Crippen LogP contribution in [0, 0.1) is 0 Å². The number of hydrogen-bond donors (Lipinski definition) is 1. The van der Waals surface area contributed by atoms with E-state index in [1.165, 1.54) is 12.2 Å². The minimum Gasteiger partial charge on any atom is -0.390 e.